The van der Waals surface area contributed by atoms with Crippen molar-refractivity contribution in [1.82, 2.24) is 0 Å². The Bertz CT molecular complexity index is 503. The molecule has 0 aliphatic heterocycles. The lowest BCUT2D eigenvalue weighted by atomic mass is 10.2. The molecule has 1 aromatic rings. The Kier molecular flexibility index (Phi) is 5.19. The van der Waals surface area contributed by atoms with E-state index in [4.69, 9.17) is 15.7 Å². The summed E-state index contributed by atoms with van der Waals surface area (Å²) in [5.74, 6) is -0.0303. The molecule has 0 bridgehead atoms. The van der Waals surface area contributed by atoms with Crippen LogP contribution in [0.2, 0.25) is 0 Å². The molecule has 1 rings (SSSR count). The van der Waals surface area contributed by atoms with Crippen LogP contribution in [0.25, 0.3) is 0 Å². The topological polar surface area (TPSA) is 79.3 Å². The Morgan fingerprint density at radius 3 is 2.68 bits per heavy atom. The summed E-state index contributed by atoms with van der Waals surface area (Å²) in [6.45, 7) is 6.97. The minimum Gasteiger partial charge on any atom is -0.462 e. The SMILES string of the molecule is CCOC(=O)c1c(N(C)CC(C)C)sc(C#N)c1N. The van der Waals surface area contributed by atoms with Gasteiger partial charge in [0.2, 0.25) is 0 Å². The zero-order chi connectivity index (χ0) is 14.6. The maximum absolute atomic E-state index is 12.0. The molecule has 2 N–H and O–H groups in total. The molecule has 1 heterocycles. The summed E-state index contributed by atoms with van der Waals surface area (Å²) in [5, 5.41) is 9.74. The first kappa shape index (κ1) is 15.3. The fourth-order valence-electron chi connectivity index (χ4n) is 1.81. The van der Waals surface area contributed by atoms with Crippen LogP contribution in [0.15, 0.2) is 0 Å². The molecule has 0 spiro atoms. The summed E-state index contributed by atoms with van der Waals surface area (Å²) in [6, 6.07) is 2.02. The molecule has 0 aliphatic carbocycles. The summed E-state index contributed by atoms with van der Waals surface area (Å²) in [5.41, 5.74) is 6.41. The van der Waals surface area contributed by atoms with Crippen LogP contribution in [-0.2, 0) is 4.74 Å². The minimum atomic E-state index is -0.469. The van der Waals surface area contributed by atoms with E-state index in [1.54, 1.807) is 6.92 Å². The summed E-state index contributed by atoms with van der Waals surface area (Å²) >= 11 is 1.23. The predicted molar refractivity (Wildman–Crippen MR) is 77.5 cm³/mol. The molecule has 104 valence electrons. The van der Waals surface area contributed by atoms with Gasteiger partial charge in [0.05, 0.1) is 12.3 Å². The Hall–Kier alpha value is -1.74. The molecule has 6 heteroatoms. The monoisotopic (exact) mass is 281 g/mol. The molecule has 0 fully saturated rings. The summed E-state index contributed by atoms with van der Waals surface area (Å²) in [4.78, 5) is 14.3. The maximum atomic E-state index is 12.0. The second kappa shape index (κ2) is 6.43. The number of thiophene rings is 1. The average Bonchev–Trinajstić information content (AvgIpc) is 2.65. The lowest BCUT2D eigenvalue weighted by Crippen LogP contribution is -2.23. The van der Waals surface area contributed by atoms with Crippen molar-refractivity contribution in [3.63, 3.8) is 0 Å². The molecule has 0 saturated heterocycles. The maximum Gasteiger partial charge on any atom is 0.343 e. The number of ether oxygens (including phenoxy) is 1. The molecule has 0 unspecified atom stereocenters. The number of nitriles is 1. The van der Waals surface area contributed by atoms with E-state index in [9.17, 15) is 4.79 Å². The number of anilines is 2. The number of hydrogen-bond donors (Lipinski definition) is 1. The van der Waals surface area contributed by atoms with E-state index in [0.29, 0.717) is 21.4 Å². The van der Waals surface area contributed by atoms with Crippen LogP contribution < -0.4 is 10.6 Å². The smallest absolute Gasteiger partial charge is 0.343 e. The molecule has 0 aliphatic rings. The van der Waals surface area contributed by atoms with E-state index >= 15 is 0 Å². The molecule has 0 aromatic carbocycles. The molecule has 19 heavy (non-hydrogen) atoms. The van der Waals surface area contributed by atoms with Crippen molar-refractivity contribution in [3.05, 3.63) is 10.4 Å². The molecule has 0 amide bonds. The van der Waals surface area contributed by atoms with Crippen molar-refractivity contribution >= 4 is 28.0 Å². The summed E-state index contributed by atoms with van der Waals surface area (Å²) in [6.07, 6.45) is 0. The fraction of sp³-hybridized carbons (Fsp3) is 0.538. The van der Waals surface area contributed by atoms with Gasteiger partial charge in [-0.1, -0.05) is 13.8 Å². The third kappa shape index (κ3) is 3.38. The van der Waals surface area contributed by atoms with Crippen molar-refractivity contribution in [3.8, 4) is 6.07 Å². The number of nitrogens with two attached hydrogens (primary N) is 1. The predicted octanol–water partition coefficient (Wildman–Crippen LogP) is 2.47. The highest BCUT2D eigenvalue weighted by Crippen LogP contribution is 2.38. The normalized spacial score (nSPS) is 10.3. The van der Waals surface area contributed by atoms with Gasteiger partial charge >= 0.3 is 5.97 Å². The number of nitrogen functional groups attached to an aromatic ring is 1. The standard InChI is InChI=1S/C13H19N3O2S/c1-5-18-13(17)10-11(15)9(6-14)19-12(10)16(4)7-8(2)3/h8H,5,7,15H2,1-4H3. The second-order valence-electron chi connectivity index (χ2n) is 4.63. The second-order valence-corrected chi connectivity index (χ2v) is 5.63. The Morgan fingerprint density at radius 1 is 1.58 bits per heavy atom. The van der Waals surface area contributed by atoms with Gasteiger partial charge in [-0.3, -0.25) is 0 Å². The van der Waals surface area contributed by atoms with Gasteiger partial charge < -0.3 is 15.4 Å². The lowest BCUT2D eigenvalue weighted by molar-refractivity contribution is 0.0529. The Morgan fingerprint density at radius 2 is 2.21 bits per heavy atom. The number of esters is 1. The van der Waals surface area contributed by atoms with Crippen LogP contribution in [-0.4, -0.2) is 26.2 Å². The first-order chi connectivity index (χ1) is 8.92. The van der Waals surface area contributed by atoms with Crippen molar-refractivity contribution in [2.24, 2.45) is 5.92 Å². The van der Waals surface area contributed by atoms with Crippen molar-refractivity contribution in [2.75, 3.05) is 30.8 Å². The van der Waals surface area contributed by atoms with E-state index in [-0.39, 0.29) is 12.3 Å². The molecule has 1 aromatic heterocycles. The van der Waals surface area contributed by atoms with Crippen molar-refractivity contribution in [2.45, 2.75) is 20.8 Å². The van der Waals surface area contributed by atoms with Crippen LogP contribution in [0.3, 0.4) is 0 Å². The summed E-state index contributed by atoms with van der Waals surface area (Å²) in [7, 11) is 1.88. The van der Waals surface area contributed by atoms with Crippen LogP contribution in [0.5, 0.6) is 0 Å². The van der Waals surface area contributed by atoms with Gasteiger partial charge in [0.15, 0.2) is 0 Å². The Balaban J connectivity index is 3.23. The third-order valence-corrected chi connectivity index (χ3v) is 3.72. The van der Waals surface area contributed by atoms with Gasteiger partial charge in [0.1, 0.15) is 21.5 Å². The van der Waals surface area contributed by atoms with Gasteiger partial charge in [0.25, 0.3) is 0 Å². The third-order valence-electron chi connectivity index (χ3n) is 2.49. The first-order valence-electron chi connectivity index (χ1n) is 6.12. The van der Waals surface area contributed by atoms with Crippen LogP contribution >= 0.6 is 11.3 Å². The number of rotatable bonds is 5. The lowest BCUT2D eigenvalue weighted by Gasteiger charge is -2.20. The molecule has 5 nitrogen and oxygen atoms in total. The average molecular weight is 281 g/mol. The van der Waals surface area contributed by atoms with Crippen LogP contribution in [0.1, 0.15) is 36.0 Å². The zero-order valence-electron chi connectivity index (χ0n) is 11.7. The fourth-order valence-corrected chi connectivity index (χ4v) is 2.79. The number of carbonyl (C=O) groups excluding carboxylic acids is 1. The largest absolute Gasteiger partial charge is 0.462 e. The van der Waals surface area contributed by atoms with Crippen molar-refractivity contribution in [1.29, 1.82) is 5.26 Å². The quantitative estimate of drug-likeness (QED) is 0.839. The van der Waals surface area contributed by atoms with Gasteiger partial charge in [-0.15, -0.1) is 11.3 Å². The van der Waals surface area contributed by atoms with Crippen molar-refractivity contribution < 1.29 is 9.53 Å². The van der Waals surface area contributed by atoms with E-state index in [2.05, 4.69) is 13.8 Å². The highest BCUT2D eigenvalue weighted by Gasteiger charge is 2.25. The number of hydrogen-bond acceptors (Lipinski definition) is 6. The van der Waals surface area contributed by atoms with Gasteiger partial charge in [-0.25, -0.2) is 4.79 Å². The van der Waals surface area contributed by atoms with E-state index in [0.717, 1.165) is 6.54 Å². The molecule has 0 saturated carbocycles. The van der Waals surface area contributed by atoms with Gasteiger partial charge in [0, 0.05) is 13.6 Å². The van der Waals surface area contributed by atoms with Gasteiger partial charge in [-0.05, 0) is 12.8 Å². The Labute approximate surface area is 117 Å². The molecular formula is C13H19N3O2S. The minimum absolute atomic E-state index is 0.219. The van der Waals surface area contributed by atoms with Gasteiger partial charge in [-0.2, -0.15) is 5.26 Å². The van der Waals surface area contributed by atoms with Crippen LogP contribution in [0, 0.1) is 17.2 Å². The molecule has 0 atom stereocenters. The van der Waals surface area contributed by atoms with Crippen LogP contribution in [0.4, 0.5) is 10.7 Å². The summed E-state index contributed by atoms with van der Waals surface area (Å²) < 4.78 is 5.01. The number of carbonyl (C=O) groups is 1. The van der Waals surface area contributed by atoms with E-state index < -0.39 is 5.97 Å². The number of nitrogens with zero attached hydrogens (tertiary/aromatic N) is 2. The highest BCUT2D eigenvalue weighted by atomic mass is 32.1. The molecular weight excluding hydrogens is 262 g/mol. The highest BCUT2D eigenvalue weighted by molar-refractivity contribution is 7.17. The van der Waals surface area contributed by atoms with E-state index in [1.165, 1.54) is 11.3 Å². The zero-order valence-corrected chi connectivity index (χ0v) is 12.5. The first-order valence-corrected chi connectivity index (χ1v) is 6.94. The van der Waals surface area contributed by atoms with E-state index in [1.807, 2.05) is 18.0 Å². The molecule has 0 radical (unpaired) electrons.